The summed E-state index contributed by atoms with van der Waals surface area (Å²) in [5.41, 5.74) is 5.85. The monoisotopic (exact) mass is 408 g/mol. The molecule has 0 unspecified atom stereocenters. The van der Waals surface area contributed by atoms with Gasteiger partial charge in [-0.25, -0.2) is 5.43 Å². The second-order valence-electron chi connectivity index (χ2n) is 6.36. The first-order valence-corrected chi connectivity index (χ1v) is 9.39. The number of nitrogens with one attached hydrogen (secondary N) is 1. The number of aryl methyl sites for hydroxylation is 1. The van der Waals surface area contributed by atoms with E-state index in [0.717, 1.165) is 11.1 Å². The number of nitrogens with zero attached hydrogens (tertiary/aromatic N) is 1. The molecule has 3 rings (SSSR count). The quantitative estimate of drug-likeness (QED) is 0.442. The van der Waals surface area contributed by atoms with Crippen molar-refractivity contribution in [1.29, 1.82) is 0 Å². The number of halogens is 1. The van der Waals surface area contributed by atoms with Gasteiger partial charge in [-0.05, 0) is 48.4 Å². The van der Waals surface area contributed by atoms with E-state index in [0.29, 0.717) is 28.7 Å². The first-order valence-electron chi connectivity index (χ1n) is 9.01. The summed E-state index contributed by atoms with van der Waals surface area (Å²) in [5, 5.41) is 4.38. The van der Waals surface area contributed by atoms with Crippen LogP contribution in [0.1, 0.15) is 27.0 Å². The zero-order chi connectivity index (χ0) is 20.6. The lowest BCUT2D eigenvalue weighted by Crippen LogP contribution is -2.17. The fraction of sp³-hybridized carbons (Fsp3) is 0.130. The van der Waals surface area contributed by atoms with Crippen molar-refractivity contribution >= 4 is 23.7 Å². The number of amides is 1. The van der Waals surface area contributed by atoms with E-state index in [1.165, 1.54) is 11.8 Å². The van der Waals surface area contributed by atoms with Crippen molar-refractivity contribution in [3.8, 4) is 11.5 Å². The van der Waals surface area contributed by atoms with Gasteiger partial charge in [0.05, 0.1) is 23.9 Å². The van der Waals surface area contributed by atoms with Crippen LogP contribution in [0.3, 0.4) is 0 Å². The molecule has 0 bridgehead atoms. The molecule has 0 spiro atoms. The molecular weight excluding hydrogens is 388 g/mol. The summed E-state index contributed by atoms with van der Waals surface area (Å²) in [5.74, 6) is 0.833. The summed E-state index contributed by atoms with van der Waals surface area (Å²) >= 11 is 6.02. The van der Waals surface area contributed by atoms with E-state index in [1.807, 2.05) is 37.3 Å². The molecular formula is C23H21ClN2O3. The zero-order valence-corrected chi connectivity index (χ0v) is 16.9. The van der Waals surface area contributed by atoms with Crippen molar-refractivity contribution in [1.82, 2.24) is 5.43 Å². The summed E-state index contributed by atoms with van der Waals surface area (Å²) in [7, 11) is 1.59. The molecule has 0 atom stereocenters. The largest absolute Gasteiger partial charge is 0.493 e. The molecule has 0 heterocycles. The van der Waals surface area contributed by atoms with Gasteiger partial charge in [0.2, 0.25) is 0 Å². The maximum absolute atomic E-state index is 12.2. The second kappa shape index (κ2) is 9.75. The fourth-order valence-electron chi connectivity index (χ4n) is 2.60. The molecule has 1 amide bonds. The highest BCUT2D eigenvalue weighted by atomic mass is 35.5. The van der Waals surface area contributed by atoms with E-state index in [9.17, 15) is 4.79 Å². The van der Waals surface area contributed by atoms with Gasteiger partial charge in [0.25, 0.3) is 5.91 Å². The number of methoxy groups -OCH3 is 1. The molecule has 148 valence electrons. The maximum Gasteiger partial charge on any atom is 0.272 e. The Morgan fingerprint density at radius 2 is 1.83 bits per heavy atom. The Labute approximate surface area is 174 Å². The molecule has 0 aliphatic rings. The lowest BCUT2D eigenvalue weighted by Gasteiger charge is -2.11. The van der Waals surface area contributed by atoms with Crippen LogP contribution >= 0.6 is 11.6 Å². The Bertz CT molecular complexity index is 1020. The number of carbonyl (C=O) groups is 1. The Morgan fingerprint density at radius 1 is 1.07 bits per heavy atom. The number of hydrazone groups is 1. The lowest BCUT2D eigenvalue weighted by atomic mass is 10.1. The van der Waals surface area contributed by atoms with Crippen LogP contribution in [-0.2, 0) is 6.61 Å². The van der Waals surface area contributed by atoms with Gasteiger partial charge in [-0.2, -0.15) is 5.10 Å². The minimum Gasteiger partial charge on any atom is -0.493 e. The van der Waals surface area contributed by atoms with Gasteiger partial charge in [0.1, 0.15) is 6.61 Å². The second-order valence-corrected chi connectivity index (χ2v) is 6.77. The Hall–Kier alpha value is -3.31. The fourth-order valence-corrected chi connectivity index (χ4v) is 2.82. The predicted octanol–water partition coefficient (Wildman–Crippen LogP) is 5.00. The molecule has 0 saturated heterocycles. The van der Waals surface area contributed by atoms with Crippen molar-refractivity contribution in [3.63, 3.8) is 0 Å². The van der Waals surface area contributed by atoms with Crippen molar-refractivity contribution in [2.24, 2.45) is 5.10 Å². The summed E-state index contributed by atoms with van der Waals surface area (Å²) < 4.78 is 11.3. The minimum absolute atomic E-state index is 0.364. The highest BCUT2D eigenvalue weighted by Gasteiger charge is 2.09. The van der Waals surface area contributed by atoms with Crippen molar-refractivity contribution in [2.75, 3.05) is 7.11 Å². The highest BCUT2D eigenvalue weighted by molar-refractivity contribution is 6.33. The van der Waals surface area contributed by atoms with Crippen molar-refractivity contribution < 1.29 is 14.3 Å². The zero-order valence-electron chi connectivity index (χ0n) is 16.2. The number of rotatable bonds is 7. The molecule has 0 aliphatic heterocycles. The standard InChI is InChI=1S/C23H21ClN2O3/c1-16-7-9-17(10-8-16)15-29-22-13-18(11-12-21(22)28-2)14-25-26-23(27)19-5-3-4-6-20(19)24/h3-14H,15H2,1-2H3,(H,26,27)/b25-14-. The number of benzene rings is 3. The molecule has 3 aromatic carbocycles. The Morgan fingerprint density at radius 3 is 2.55 bits per heavy atom. The van der Waals surface area contributed by atoms with Crippen LogP contribution in [0.4, 0.5) is 0 Å². The van der Waals surface area contributed by atoms with Gasteiger partial charge >= 0.3 is 0 Å². The van der Waals surface area contributed by atoms with E-state index in [4.69, 9.17) is 21.1 Å². The number of hydrogen-bond acceptors (Lipinski definition) is 4. The Balaban J connectivity index is 1.67. The third kappa shape index (κ3) is 5.59. The summed E-state index contributed by atoms with van der Waals surface area (Å²) in [6, 6.07) is 20.3. The van der Waals surface area contributed by atoms with Crippen LogP contribution in [-0.4, -0.2) is 19.2 Å². The molecule has 0 saturated carbocycles. The number of carbonyl (C=O) groups excluding carboxylic acids is 1. The van der Waals surface area contributed by atoms with Gasteiger partial charge in [0.15, 0.2) is 11.5 Å². The van der Waals surface area contributed by atoms with Crippen molar-refractivity contribution in [3.05, 3.63) is 94.0 Å². The maximum atomic E-state index is 12.2. The SMILES string of the molecule is COc1ccc(/C=N\NC(=O)c2ccccc2Cl)cc1OCc1ccc(C)cc1. The van der Waals surface area contributed by atoms with Crippen LogP contribution in [0.2, 0.25) is 5.02 Å². The van der Waals surface area contributed by atoms with E-state index < -0.39 is 0 Å². The summed E-state index contributed by atoms with van der Waals surface area (Å²) in [6.45, 7) is 2.46. The Kier molecular flexibility index (Phi) is 6.87. The lowest BCUT2D eigenvalue weighted by molar-refractivity contribution is 0.0955. The van der Waals surface area contributed by atoms with Crippen LogP contribution in [0.25, 0.3) is 0 Å². The topological polar surface area (TPSA) is 59.9 Å². The molecule has 0 fully saturated rings. The first kappa shape index (κ1) is 20.4. The summed E-state index contributed by atoms with van der Waals surface area (Å²) in [6.07, 6.45) is 1.53. The van der Waals surface area contributed by atoms with Crippen molar-refractivity contribution in [2.45, 2.75) is 13.5 Å². The van der Waals surface area contributed by atoms with Gasteiger partial charge in [-0.1, -0.05) is 53.6 Å². The van der Waals surface area contributed by atoms with E-state index in [1.54, 1.807) is 43.5 Å². The van der Waals surface area contributed by atoms with E-state index >= 15 is 0 Å². The first-order chi connectivity index (χ1) is 14.1. The molecule has 6 heteroatoms. The van der Waals surface area contributed by atoms with Crippen LogP contribution in [0, 0.1) is 6.92 Å². The third-order valence-corrected chi connectivity index (χ3v) is 4.53. The summed E-state index contributed by atoms with van der Waals surface area (Å²) in [4.78, 5) is 12.2. The molecule has 0 aromatic heterocycles. The van der Waals surface area contributed by atoms with Gasteiger partial charge in [0, 0.05) is 0 Å². The normalized spacial score (nSPS) is 10.7. The minimum atomic E-state index is -0.379. The number of hydrogen-bond donors (Lipinski definition) is 1. The van der Waals surface area contributed by atoms with Gasteiger partial charge in [-0.15, -0.1) is 0 Å². The van der Waals surface area contributed by atoms with Gasteiger partial charge in [-0.3, -0.25) is 4.79 Å². The predicted molar refractivity (Wildman–Crippen MR) is 115 cm³/mol. The molecule has 0 radical (unpaired) electrons. The van der Waals surface area contributed by atoms with Crippen LogP contribution < -0.4 is 14.9 Å². The highest BCUT2D eigenvalue weighted by Crippen LogP contribution is 2.28. The average Bonchev–Trinajstić information content (AvgIpc) is 2.73. The van der Waals surface area contributed by atoms with Crippen LogP contribution in [0.15, 0.2) is 71.8 Å². The average molecular weight is 409 g/mol. The van der Waals surface area contributed by atoms with Crippen LogP contribution in [0.5, 0.6) is 11.5 Å². The molecule has 29 heavy (non-hydrogen) atoms. The molecule has 1 N–H and O–H groups in total. The smallest absolute Gasteiger partial charge is 0.272 e. The molecule has 5 nitrogen and oxygen atoms in total. The van der Waals surface area contributed by atoms with E-state index in [2.05, 4.69) is 10.5 Å². The number of ether oxygens (including phenoxy) is 2. The molecule has 0 aliphatic carbocycles. The van der Waals surface area contributed by atoms with E-state index in [-0.39, 0.29) is 5.91 Å². The molecule has 3 aromatic rings. The van der Waals surface area contributed by atoms with Gasteiger partial charge < -0.3 is 9.47 Å². The third-order valence-electron chi connectivity index (χ3n) is 4.20.